The van der Waals surface area contributed by atoms with Gasteiger partial charge in [0.2, 0.25) is 0 Å². The molecule has 109 valence electrons. The minimum Gasteiger partial charge on any atom is -0.387 e. The van der Waals surface area contributed by atoms with Crippen molar-refractivity contribution in [3.8, 4) is 0 Å². The minimum atomic E-state index is 0.533. The van der Waals surface area contributed by atoms with E-state index in [1.54, 1.807) is 6.92 Å². The van der Waals surface area contributed by atoms with Gasteiger partial charge in [-0.3, -0.25) is 0 Å². The maximum atomic E-state index is 9.22. The van der Waals surface area contributed by atoms with Crippen LogP contribution in [0.5, 0.6) is 0 Å². The van der Waals surface area contributed by atoms with Gasteiger partial charge in [0.25, 0.3) is 0 Å². The van der Waals surface area contributed by atoms with Crippen molar-refractivity contribution in [2.75, 3.05) is 0 Å². The molecule has 0 atom stereocenters. The molecule has 0 fully saturated rings. The molecule has 0 unspecified atom stereocenters. The van der Waals surface area contributed by atoms with Gasteiger partial charge in [-0.25, -0.2) is 0 Å². The molecule has 0 aliphatic heterocycles. The molecule has 1 nitrogen and oxygen atoms in total. The third kappa shape index (κ3) is 5.20. The predicted octanol–water partition coefficient (Wildman–Crippen LogP) is 5.60. The number of unbranched alkanes of at least 4 members (excludes halogenated alkanes) is 2. The SMILES string of the molecule is C[C](O)CCCCC=C(c1ccccc1)c1ccccc1. The summed E-state index contributed by atoms with van der Waals surface area (Å²) in [5.41, 5.74) is 3.81. The molecule has 0 heterocycles. The van der Waals surface area contributed by atoms with Gasteiger partial charge in [0, 0.05) is 0 Å². The van der Waals surface area contributed by atoms with Gasteiger partial charge < -0.3 is 5.11 Å². The largest absolute Gasteiger partial charge is 0.387 e. The number of benzene rings is 2. The Bertz CT molecular complexity index is 499. The average molecular weight is 279 g/mol. The van der Waals surface area contributed by atoms with Crippen LogP contribution in [-0.2, 0) is 0 Å². The van der Waals surface area contributed by atoms with Crippen LogP contribution in [-0.4, -0.2) is 5.11 Å². The van der Waals surface area contributed by atoms with E-state index in [1.807, 2.05) is 12.1 Å². The van der Waals surface area contributed by atoms with Crippen LogP contribution in [0.3, 0.4) is 0 Å². The molecule has 0 aliphatic rings. The Balaban J connectivity index is 2.10. The van der Waals surface area contributed by atoms with Crippen LogP contribution in [0.2, 0.25) is 0 Å². The number of hydrogen-bond acceptors (Lipinski definition) is 1. The highest BCUT2D eigenvalue weighted by molar-refractivity contribution is 5.79. The molecule has 0 aromatic heterocycles. The third-order valence-electron chi connectivity index (χ3n) is 3.51. The molecule has 1 heteroatoms. The topological polar surface area (TPSA) is 20.2 Å². The fourth-order valence-corrected chi connectivity index (χ4v) is 2.41. The van der Waals surface area contributed by atoms with E-state index < -0.39 is 0 Å². The molecule has 2 aromatic rings. The first-order valence-corrected chi connectivity index (χ1v) is 7.60. The predicted molar refractivity (Wildman–Crippen MR) is 89.3 cm³/mol. The lowest BCUT2D eigenvalue weighted by molar-refractivity contribution is 0.291. The van der Waals surface area contributed by atoms with E-state index in [1.165, 1.54) is 16.7 Å². The van der Waals surface area contributed by atoms with Gasteiger partial charge in [-0.15, -0.1) is 0 Å². The number of hydrogen-bond donors (Lipinski definition) is 1. The number of aliphatic hydroxyl groups is 1. The summed E-state index contributed by atoms with van der Waals surface area (Å²) in [6, 6.07) is 21.0. The summed E-state index contributed by atoms with van der Waals surface area (Å²) in [5.74, 6) is 0. The highest BCUT2D eigenvalue weighted by Gasteiger charge is 2.03. The Hall–Kier alpha value is -1.86. The summed E-state index contributed by atoms with van der Waals surface area (Å²) in [5, 5.41) is 9.22. The maximum Gasteiger partial charge on any atom is 0.0902 e. The molecular weight excluding hydrogens is 256 g/mol. The third-order valence-corrected chi connectivity index (χ3v) is 3.51. The van der Waals surface area contributed by atoms with Crippen molar-refractivity contribution in [1.29, 1.82) is 0 Å². The number of rotatable bonds is 7. The first-order valence-electron chi connectivity index (χ1n) is 7.60. The smallest absolute Gasteiger partial charge is 0.0902 e. The molecule has 1 radical (unpaired) electrons. The van der Waals surface area contributed by atoms with Gasteiger partial charge in [-0.05, 0) is 42.9 Å². The minimum absolute atomic E-state index is 0.533. The molecule has 0 aliphatic carbocycles. The lowest BCUT2D eigenvalue weighted by Crippen LogP contribution is -1.90. The first kappa shape index (κ1) is 15.5. The van der Waals surface area contributed by atoms with Crippen LogP contribution >= 0.6 is 0 Å². The molecular formula is C20H23O. The van der Waals surface area contributed by atoms with Gasteiger partial charge in [0.1, 0.15) is 0 Å². The zero-order chi connectivity index (χ0) is 14.9. The van der Waals surface area contributed by atoms with Crippen molar-refractivity contribution in [3.05, 3.63) is 84.0 Å². The van der Waals surface area contributed by atoms with Crippen molar-refractivity contribution >= 4 is 5.57 Å². The Labute approximate surface area is 128 Å². The van der Waals surface area contributed by atoms with E-state index >= 15 is 0 Å². The van der Waals surface area contributed by atoms with E-state index in [4.69, 9.17) is 0 Å². The fraction of sp³-hybridized carbons (Fsp3) is 0.250. The molecule has 0 saturated heterocycles. The molecule has 1 N–H and O–H groups in total. The second kappa shape index (κ2) is 8.43. The van der Waals surface area contributed by atoms with Gasteiger partial charge in [-0.1, -0.05) is 73.2 Å². The Morgan fingerprint density at radius 2 is 1.38 bits per heavy atom. The van der Waals surface area contributed by atoms with Crippen LogP contribution in [0.1, 0.15) is 43.7 Å². The molecule has 2 rings (SSSR count). The van der Waals surface area contributed by atoms with E-state index in [-0.39, 0.29) is 0 Å². The second-order valence-electron chi connectivity index (χ2n) is 5.33. The van der Waals surface area contributed by atoms with Gasteiger partial charge in [0.15, 0.2) is 0 Å². The number of aliphatic hydroxyl groups excluding tert-OH is 1. The molecule has 0 spiro atoms. The molecule has 0 amide bonds. The Kier molecular flexibility index (Phi) is 6.23. The summed E-state index contributed by atoms with van der Waals surface area (Å²) in [6.45, 7) is 1.77. The maximum absolute atomic E-state index is 9.22. The van der Waals surface area contributed by atoms with Crippen LogP contribution in [0.4, 0.5) is 0 Å². The average Bonchev–Trinajstić information content (AvgIpc) is 2.52. The second-order valence-corrected chi connectivity index (χ2v) is 5.33. The fourth-order valence-electron chi connectivity index (χ4n) is 2.41. The van der Waals surface area contributed by atoms with Crippen molar-refractivity contribution in [3.63, 3.8) is 0 Å². The van der Waals surface area contributed by atoms with Crippen LogP contribution in [0, 0.1) is 6.10 Å². The van der Waals surface area contributed by atoms with Crippen molar-refractivity contribution in [2.45, 2.75) is 32.6 Å². The summed E-state index contributed by atoms with van der Waals surface area (Å²) in [4.78, 5) is 0. The van der Waals surface area contributed by atoms with Gasteiger partial charge in [0.05, 0.1) is 6.10 Å². The quantitative estimate of drug-likeness (QED) is 0.654. The first-order chi connectivity index (χ1) is 10.3. The summed E-state index contributed by atoms with van der Waals surface area (Å²) in [7, 11) is 0. The van der Waals surface area contributed by atoms with Crippen molar-refractivity contribution in [1.82, 2.24) is 0 Å². The van der Waals surface area contributed by atoms with E-state index in [9.17, 15) is 5.11 Å². The van der Waals surface area contributed by atoms with E-state index in [0.717, 1.165) is 25.7 Å². The van der Waals surface area contributed by atoms with Gasteiger partial charge >= 0.3 is 0 Å². The van der Waals surface area contributed by atoms with Crippen LogP contribution in [0.15, 0.2) is 66.7 Å². The van der Waals surface area contributed by atoms with Gasteiger partial charge in [-0.2, -0.15) is 0 Å². The normalized spacial score (nSPS) is 10.6. The molecule has 2 aromatic carbocycles. The highest BCUT2D eigenvalue weighted by atomic mass is 16.3. The van der Waals surface area contributed by atoms with E-state index in [2.05, 4.69) is 54.6 Å². The Morgan fingerprint density at radius 1 is 0.857 bits per heavy atom. The standard InChI is InChI=1S/C20H23O/c1-17(21)11-5-2-10-16-20(18-12-6-3-7-13-18)19-14-8-4-9-15-19/h3-4,6-9,12-16,21H,2,5,10-11H2,1H3. The number of allylic oxidation sites excluding steroid dienone is 1. The van der Waals surface area contributed by atoms with Crippen molar-refractivity contribution < 1.29 is 5.11 Å². The molecule has 0 saturated carbocycles. The van der Waals surface area contributed by atoms with E-state index in [0.29, 0.717) is 6.10 Å². The summed E-state index contributed by atoms with van der Waals surface area (Å²) < 4.78 is 0. The van der Waals surface area contributed by atoms with Crippen molar-refractivity contribution in [2.24, 2.45) is 0 Å². The Morgan fingerprint density at radius 3 is 1.86 bits per heavy atom. The molecule has 21 heavy (non-hydrogen) atoms. The zero-order valence-electron chi connectivity index (χ0n) is 12.6. The molecule has 0 bridgehead atoms. The monoisotopic (exact) mass is 279 g/mol. The highest BCUT2D eigenvalue weighted by Crippen LogP contribution is 2.24. The summed E-state index contributed by atoms with van der Waals surface area (Å²) in [6.07, 6.45) is 6.82. The lowest BCUT2D eigenvalue weighted by Gasteiger charge is -2.09. The lowest BCUT2D eigenvalue weighted by atomic mass is 9.96. The zero-order valence-corrected chi connectivity index (χ0v) is 12.6. The van der Waals surface area contributed by atoms with Crippen LogP contribution in [0.25, 0.3) is 5.57 Å². The summed E-state index contributed by atoms with van der Waals surface area (Å²) >= 11 is 0. The van der Waals surface area contributed by atoms with Crippen LogP contribution < -0.4 is 0 Å².